The van der Waals surface area contributed by atoms with Crippen molar-refractivity contribution >= 4 is 17.5 Å². The van der Waals surface area contributed by atoms with Gasteiger partial charge in [0.05, 0.1) is 18.9 Å². The van der Waals surface area contributed by atoms with Crippen LogP contribution in [0.3, 0.4) is 0 Å². The molecule has 1 atom stereocenters. The first-order valence-electron chi connectivity index (χ1n) is 10.4. The molecule has 2 amide bonds. The summed E-state index contributed by atoms with van der Waals surface area (Å²) in [7, 11) is 0. The Bertz CT molecular complexity index is 847. The Balaban J connectivity index is 2.12. The van der Waals surface area contributed by atoms with Gasteiger partial charge in [0.1, 0.15) is 17.5 Å². The van der Waals surface area contributed by atoms with E-state index < -0.39 is 6.04 Å². The number of anilines is 1. The lowest BCUT2D eigenvalue weighted by Crippen LogP contribution is -2.47. The van der Waals surface area contributed by atoms with Crippen LogP contribution in [0.2, 0.25) is 0 Å². The third kappa shape index (κ3) is 6.51. The molecule has 6 heteroatoms. The van der Waals surface area contributed by atoms with E-state index in [2.05, 4.69) is 10.6 Å². The summed E-state index contributed by atoms with van der Waals surface area (Å²) in [6, 6.07) is 11.8. The van der Waals surface area contributed by atoms with Crippen molar-refractivity contribution in [1.29, 1.82) is 0 Å². The standard InChI is InChI=1S/C24H32N2O4/c1-6-14-30-21-15-17(5)8-13-20(21)25-24(28)22(16(3)4)26-23(27)18-9-11-19(12-10-18)29-7-2/h8-13,15-16,22H,6-7,14H2,1-5H3,(H,25,28)(H,26,27). The number of hydrogen-bond donors (Lipinski definition) is 2. The summed E-state index contributed by atoms with van der Waals surface area (Å²) in [4.78, 5) is 25.7. The first kappa shape index (κ1) is 23.3. The number of nitrogens with one attached hydrogen (secondary N) is 2. The van der Waals surface area contributed by atoms with Crippen molar-refractivity contribution in [2.45, 2.75) is 47.1 Å². The van der Waals surface area contributed by atoms with Crippen LogP contribution in [-0.4, -0.2) is 31.1 Å². The van der Waals surface area contributed by atoms with E-state index in [-0.39, 0.29) is 17.7 Å². The number of carbonyl (C=O) groups excluding carboxylic acids is 2. The van der Waals surface area contributed by atoms with E-state index >= 15 is 0 Å². The zero-order chi connectivity index (χ0) is 22.1. The molecule has 2 N–H and O–H groups in total. The van der Waals surface area contributed by atoms with Crippen LogP contribution >= 0.6 is 0 Å². The number of benzene rings is 2. The van der Waals surface area contributed by atoms with E-state index in [0.717, 1.165) is 12.0 Å². The summed E-state index contributed by atoms with van der Waals surface area (Å²) in [5.74, 6) is 0.645. The number of rotatable bonds is 10. The molecule has 0 aliphatic rings. The van der Waals surface area contributed by atoms with Crippen LogP contribution in [-0.2, 0) is 4.79 Å². The van der Waals surface area contributed by atoms with Gasteiger partial charge in [0, 0.05) is 5.56 Å². The van der Waals surface area contributed by atoms with Gasteiger partial charge >= 0.3 is 0 Å². The fourth-order valence-corrected chi connectivity index (χ4v) is 2.90. The molecular weight excluding hydrogens is 380 g/mol. The monoisotopic (exact) mass is 412 g/mol. The Hall–Kier alpha value is -3.02. The van der Waals surface area contributed by atoms with Gasteiger partial charge in [-0.2, -0.15) is 0 Å². The van der Waals surface area contributed by atoms with E-state index in [1.54, 1.807) is 24.3 Å². The van der Waals surface area contributed by atoms with E-state index in [1.165, 1.54) is 0 Å². The number of amides is 2. The van der Waals surface area contributed by atoms with E-state index in [9.17, 15) is 9.59 Å². The second-order valence-corrected chi connectivity index (χ2v) is 7.49. The highest BCUT2D eigenvalue weighted by molar-refractivity contribution is 6.01. The van der Waals surface area contributed by atoms with Crippen LogP contribution < -0.4 is 20.1 Å². The van der Waals surface area contributed by atoms with Gasteiger partial charge in [-0.3, -0.25) is 9.59 Å². The summed E-state index contributed by atoms with van der Waals surface area (Å²) in [5, 5.41) is 5.76. The molecule has 2 aromatic carbocycles. The molecule has 0 radical (unpaired) electrons. The SMILES string of the molecule is CCCOc1cc(C)ccc1NC(=O)C(NC(=O)c1ccc(OCC)cc1)C(C)C. The van der Waals surface area contributed by atoms with Crippen molar-refractivity contribution in [2.24, 2.45) is 5.92 Å². The third-order valence-electron chi connectivity index (χ3n) is 4.52. The van der Waals surface area contributed by atoms with Crippen LogP contribution in [0.1, 0.15) is 50.0 Å². The van der Waals surface area contributed by atoms with Crippen molar-refractivity contribution in [1.82, 2.24) is 5.32 Å². The summed E-state index contributed by atoms with van der Waals surface area (Å²) in [5.41, 5.74) is 2.11. The molecule has 162 valence electrons. The maximum Gasteiger partial charge on any atom is 0.251 e. The number of carbonyl (C=O) groups is 2. The average Bonchev–Trinajstić information content (AvgIpc) is 2.72. The van der Waals surface area contributed by atoms with Crippen molar-refractivity contribution in [3.63, 3.8) is 0 Å². The van der Waals surface area contributed by atoms with Crippen molar-refractivity contribution in [2.75, 3.05) is 18.5 Å². The Labute approximate surface area is 179 Å². The first-order valence-corrected chi connectivity index (χ1v) is 10.4. The lowest BCUT2D eigenvalue weighted by molar-refractivity contribution is -0.118. The summed E-state index contributed by atoms with van der Waals surface area (Å²) in [6.07, 6.45) is 0.869. The van der Waals surface area contributed by atoms with Crippen LogP contribution in [0.4, 0.5) is 5.69 Å². The normalized spacial score (nSPS) is 11.7. The minimum Gasteiger partial charge on any atom is -0.494 e. The smallest absolute Gasteiger partial charge is 0.251 e. The quantitative estimate of drug-likeness (QED) is 0.599. The maximum atomic E-state index is 13.0. The molecule has 6 nitrogen and oxygen atoms in total. The van der Waals surface area contributed by atoms with Crippen molar-refractivity contribution in [3.05, 3.63) is 53.6 Å². The molecule has 0 saturated carbocycles. The van der Waals surface area contributed by atoms with Crippen LogP contribution in [0.25, 0.3) is 0 Å². The second kappa shape index (κ2) is 11.2. The molecule has 0 aromatic heterocycles. The zero-order valence-corrected chi connectivity index (χ0v) is 18.5. The van der Waals surface area contributed by atoms with Crippen molar-refractivity contribution < 1.29 is 19.1 Å². The Morgan fingerprint density at radius 2 is 1.70 bits per heavy atom. The minimum atomic E-state index is -0.690. The highest BCUT2D eigenvalue weighted by Gasteiger charge is 2.25. The van der Waals surface area contributed by atoms with Gasteiger partial charge in [0.25, 0.3) is 5.91 Å². The Kier molecular flexibility index (Phi) is 8.71. The second-order valence-electron chi connectivity index (χ2n) is 7.49. The van der Waals surface area contributed by atoms with E-state index in [0.29, 0.717) is 36.0 Å². The molecule has 0 aliphatic carbocycles. The predicted molar refractivity (Wildman–Crippen MR) is 119 cm³/mol. The number of aryl methyl sites for hydroxylation is 1. The summed E-state index contributed by atoms with van der Waals surface area (Å²) >= 11 is 0. The van der Waals surface area contributed by atoms with Gasteiger partial charge in [-0.25, -0.2) is 0 Å². The number of ether oxygens (including phenoxy) is 2. The molecular formula is C24H32N2O4. The highest BCUT2D eigenvalue weighted by atomic mass is 16.5. The van der Waals surface area contributed by atoms with Gasteiger partial charge < -0.3 is 20.1 Å². The van der Waals surface area contributed by atoms with Crippen LogP contribution in [0.5, 0.6) is 11.5 Å². The van der Waals surface area contributed by atoms with Gasteiger partial charge in [-0.1, -0.05) is 26.8 Å². The van der Waals surface area contributed by atoms with E-state index in [1.807, 2.05) is 52.8 Å². The fourth-order valence-electron chi connectivity index (χ4n) is 2.90. The van der Waals surface area contributed by atoms with E-state index in [4.69, 9.17) is 9.47 Å². The Morgan fingerprint density at radius 1 is 1.00 bits per heavy atom. The van der Waals surface area contributed by atoms with Gasteiger partial charge in [-0.05, 0) is 68.1 Å². The molecule has 0 aliphatic heterocycles. The molecule has 2 aromatic rings. The predicted octanol–water partition coefficient (Wildman–Crippen LogP) is 4.58. The van der Waals surface area contributed by atoms with Crippen LogP contribution in [0.15, 0.2) is 42.5 Å². The topological polar surface area (TPSA) is 76.7 Å². The molecule has 0 spiro atoms. The van der Waals surface area contributed by atoms with Gasteiger partial charge in [-0.15, -0.1) is 0 Å². The molecule has 0 bridgehead atoms. The highest BCUT2D eigenvalue weighted by Crippen LogP contribution is 2.26. The van der Waals surface area contributed by atoms with Gasteiger partial charge in [0.2, 0.25) is 5.91 Å². The third-order valence-corrected chi connectivity index (χ3v) is 4.52. The molecule has 1 unspecified atom stereocenters. The molecule has 30 heavy (non-hydrogen) atoms. The molecule has 0 saturated heterocycles. The lowest BCUT2D eigenvalue weighted by atomic mass is 10.0. The number of hydrogen-bond acceptors (Lipinski definition) is 4. The largest absolute Gasteiger partial charge is 0.494 e. The minimum absolute atomic E-state index is 0.0953. The first-order chi connectivity index (χ1) is 14.3. The lowest BCUT2D eigenvalue weighted by Gasteiger charge is -2.23. The van der Waals surface area contributed by atoms with Crippen LogP contribution in [0, 0.1) is 12.8 Å². The summed E-state index contributed by atoms with van der Waals surface area (Å²) < 4.78 is 11.2. The fraction of sp³-hybridized carbons (Fsp3) is 0.417. The Morgan fingerprint density at radius 3 is 2.30 bits per heavy atom. The average molecular weight is 413 g/mol. The zero-order valence-electron chi connectivity index (χ0n) is 18.5. The maximum absolute atomic E-state index is 13.0. The molecule has 0 fully saturated rings. The van der Waals surface area contributed by atoms with Gasteiger partial charge in [0.15, 0.2) is 0 Å². The molecule has 0 heterocycles. The molecule has 2 rings (SSSR count). The summed E-state index contributed by atoms with van der Waals surface area (Å²) in [6.45, 7) is 10.8. The van der Waals surface area contributed by atoms with Crippen molar-refractivity contribution in [3.8, 4) is 11.5 Å².